The van der Waals surface area contributed by atoms with Crippen LogP contribution >= 0.6 is 0 Å². The fourth-order valence-corrected chi connectivity index (χ4v) is 4.48. The van der Waals surface area contributed by atoms with Crippen molar-refractivity contribution in [3.8, 4) is 5.69 Å². The van der Waals surface area contributed by atoms with Gasteiger partial charge in [0.05, 0.1) is 11.6 Å². The van der Waals surface area contributed by atoms with E-state index in [2.05, 4.69) is 23.3 Å². The summed E-state index contributed by atoms with van der Waals surface area (Å²) < 4.78 is 1.82. The van der Waals surface area contributed by atoms with Crippen LogP contribution in [0.4, 0.5) is 0 Å². The second-order valence-corrected chi connectivity index (χ2v) is 8.18. The van der Waals surface area contributed by atoms with E-state index in [0.29, 0.717) is 18.8 Å². The molecule has 2 heterocycles. The van der Waals surface area contributed by atoms with Crippen LogP contribution in [0.25, 0.3) is 5.69 Å². The van der Waals surface area contributed by atoms with Crippen LogP contribution in [0, 0.1) is 32.1 Å². The molecule has 27 heavy (non-hydrogen) atoms. The molecule has 6 nitrogen and oxygen atoms in total. The molecule has 1 amide bonds. The van der Waals surface area contributed by atoms with Crippen molar-refractivity contribution >= 4 is 11.9 Å². The number of piperidine rings is 1. The summed E-state index contributed by atoms with van der Waals surface area (Å²) in [7, 11) is 0. The van der Waals surface area contributed by atoms with Gasteiger partial charge in [0.15, 0.2) is 5.69 Å². The predicted molar refractivity (Wildman–Crippen MR) is 101 cm³/mol. The lowest BCUT2D eigenvalue weighted by Crippen LogP contribution is -2.40. The molecule has 0 bridgehead atoms. The zero-order chi connectivity index (χ0) is 19.3. The van der Waals surface area contributed by atoms with Crippen LogP contribution in [0.1, 0.15) is 46.6 Å². The first-order valence-electron chi connectivity index (χ1n) is 9.46. The molecule has 1 unspecified atom stereocenters. The highest BCUT2D eigenvalue weighted by molar-refractivity contribution is 5.92. The maximum Gasteiger partial charge on any atom is 0.307 e. The van der Waals surface area contributed by atoms with Gasteiger partial charge in [0.25, 0.3) is 5.91 Å². The van der Waals surface area contributed by atoms with Gasteiger partial charge in [0.2, 0.25) is 0 Å². The fraction of sp³-hybridized carbons (Fsp3) is 0.476. The van der Waals surface area contributed by atoms with Crippen molar-refractivity contribution in [3.63, 3.8) is 0 Å². The van der Waals surface area contributed by atoms with Gasteiger partial charge in [0.1, 0.15) is 0 Å². The molecule has 1 saturated heterocycles. The average Bonchev–Trinajstić information content (AvgIpc) is 3.16. The summed E-state index contributed by atoms with van der Waals surface area (Å²) >= 11 is 0. The van der Waals surface area contributed by atoms with Crippen LogP contribution in [0.5, 0.6) is 0 Å². The second-order valence-electron chi connectivity index (χ2n) is 8.18. The first-order chi connectivity index (χ1) is 12.8. The Morgan fingerprint density at radius 3 is 2.26 bits per heavy atom. The molecule has 1 N–H and O–H groups in total. The molecule has 1 saturated carbocycles. The summed E-state index contributed by atoms with van der Waals surface area (Å²) in [6.45, 7) is 7.27. The van der Waals surface area contributed by atoms with Gasteiger partial charge in [-0.1, -0.05) is 6.07 Å². The van der Waals surface area contributed by atoms with E-state index in [9.17, 15) is 14.7 Å². The number of amides is 1. The first-order valence-corrected chi connectivity index (χ1v) is 9.46. The normalized spacial score (nSPS) is 20.7. The Labute approximate surface area is 158 Å². The summed E-state index contributed by atoms with van der Waals surface area (Å²) in [6.07, 6.45) is 2.30. The van der Waals surface area contributed by atoms with Crippen molar-refractivity contribution in [1.29, 1.82) is 0 Å². The maximum absolute atomic E-state index is 12.9. The van der Waals surface area contributed by atoms with E-state index in [4.69, 9.17) is 0 Å². The maximum atomic E-state index is 12.9. The minimum atomic E-state index is -0.697. The number of carbonyl (C=O) groups is 2. The van der Waals surface area contributed by atoms with Crippen LogP contribution in [0.2, 0.25) is 0 Å². The molecule has 1 aromatic carbocycles. The number of aryl methyl sites for hydroxylation is 3. The van der Waals surface area contributed by atoms with E-state index >= 15 is 0 Å². The summed E-state index contributed by atoms with van der Waals surface area (Å²) in [5.41, 5.74) is 4.58. The molecule has 1 aliphatic heterocycles. The Bertz CT molecular complexity index is 902. The van der Waals surface area contributed by atoms with Crippen molar-refractivity contribution in [2.24, 2.45) is 11.3 Å². The van der Waals surface area contributed by atoms with E-state index in [-0.39, 0.29) is 17.2 Å². The van der Waals surface area contributed by atoms with Gasteiger partial charge in [-0.05, 0) is 74.8 Å². The molecule has 2 fully saturated rings. The lowest BCUT2D eigenvalue weighted by Gasteiger charge is -2.32. The van der Waals surface area contributed by atoms with Crippen molar-refractivity contribution in [1.82, 2.24) is 14.7 Å². The molecule has 1 aliphatic carbocycles. The third-order valence-electron chi connectivity index (χ3n) is 6.09. The van der Waals surface area contributed by atoms with Gasteiger partial charge in [-0.25, -0.2) is 4.68 Å². The molecule has 1 aromatic heterocycles. The number of hydrogen-bond acceptors (Lipinski definition) is 3. The third-order valence-corrected chi connectivity index (χ3v) is 6.09. The van der Waals surface area contributed by atoms with Crippen molar-refractivity contribution in [2.75, 3.05) is 13.1 Å². The van der Waals surface area contributed by atoms with Gasteiger partial charge in [-0.3, -0.25) is 9.59 Å². The third kappa shape index (κ3) is 3.13. The van der Waals surface area contributed by atoms with Gasteiger partial charge >= 0.3 is 5.97 Å². The Morgan fingerprint density at radius 2 is 1.70 bits per heavy atom. The molecule has 2 aromatic rings. The molecule has 4 rings (SSSR count). The highest BCUT2D eigenvalue weighted by atomic mass is 16.4. The summed E-state index contributed by atoms with van der Waals surface area (Å²) in [4.78, 5) is 25.9. The fourth-order valence-electron chi connectivity index (χ4n) is 4.48. The Kier molecular flexibility index (Phi) is 4.09. The summed E-state index contributed by atoms with van der Waals surface area (Å²) in [6, 6.07) is 8.07. The minimum Gasteiger partial charge on any atom is -0.481 e. The predicted octanol–water partition coefficient (Wildman–Crippen LogP) is 3.12. The van der Waals surface area contributed by atoms with Gasteiger partial charge in [-0.15, -0.1) is 0 Å². The number of nitrogens with zero attached hydrogens (tertiary/aromatic N) is 3. The van der Waals surface area contributed by atoms with Crippen molar-refractivity contribution in [3.05, 3.63) is 46.8 Å². The Morgan fingerprint density at radius 1 is 1.07 bits per heavy atom. The molecule has 142 valence electrons. The Hall–Kier alpha value is -2.63. The van der Waals surface area contributed by atoms with Crippen molar-refractivity contribution in [2.45, 2.75) is 40.0 Å². The van der Waals surface area contributed by atoms with Crippen molar-refractivity contribution < 1.29 is 14.7 Å². The zero-order valence-corrected chi connectivity index (χ0v) is 16.0. The van der Waals surface area contributed by atoms with Crippen LogP contribution in [0.3, 0.4) is 0 Å². The number of aromatic nitrogens is 2. The van der Waals surface area contributed by atoms with Gasteiger partial charge < -0.3 is 10.0 Å². The SMILES string of the molecule is Cc1cc(C)cc(-n2nc(C(=O)N3CCC4(CC3)CC4C(=O)O)cc2C)c1. The number of carbonyl (C=O) groups excluding carboxylic acids is 1. The number of likely N-dealkylation sites (tertiary alicyclic amines) is 1. The molecule has 1 spiro atoms. The lowest BCUT2D eigenvalue weighted by molar-refractivity contribution is -0.139. The zero-order valence-electron chi connectivity index (χ0n) is 16.0. The lowest BCUT2D eigenvalue weighted by atomic mass is 9.90. The summed E-state index contributed by atoms with van der Waals surface area (Å²) in [5.74, 6) is -0.984. The molecular weight excluding hydrogens is 342 g/mol. The molecule has 1 atom stereocenters. The second kappa shape index (κ2) is 6.22. The largest absolute Gasteiger partial charge is 0.481 e. The van der Waals surface area contributed by atoms with Crippen LogP contribution in [-0.4, -0.2) is 44.8 Å². The van der Waals surface area contributed by atoms with Gasteiger partial charge in [0, 0.05) is 18.8 Å². The van der Waals surface area contributed by atoms with Crippen LogP contribution < -0.4 is 0 Å². The van der Waals surface area contributed by atoms with E-state index in [1.807, 2.05) is 36.4 Å². The minimum absolute atomic E-state index is 0.0661. The molecule has 6 heteroatoms. The number of hydrogen-bond donors (Lipinski definition) is 1. The van der Waals surface area contributed by atoms with E-state index < -0.39 is 5.97 Å². The first kappa shape index (κ1) is 17.8. The number of carboxylic acid groups (broad SMARTS) is 1. The smallest absolute Gasteiger partial charge is 0.307 e. The van der Waals surface area contributed by atoms with E-state index in [1.54, 1.807) is 0 Å². The van der Waals surface area contributed by atoms with Crippen LogP contribution in [-0.2, 0) is 4.79 Å². The highest BCUT2D eigenvalue weighted by Gasteiger charge is 2.59. The monoisotopic (exact) mass is 367 g/mol. The van der Waals surface area contributed by atoms with Crippen LogP contribution in [0.15, 0.2) is 24.3 Å². The molecule has 0 radical (unpaired) electrons. The Balaban J connectivity index is 1.50. The van der Waals surface area contributed by atoms with E-state index in [0.717, 1.165) is 41.8 Å². The number of benzene rings is 1. The molecular formula is C21H25N3O3. The average molecular weight is 367 g/mol. The quantitative estimate of drug-likeness (QED) is 0.904. The number of aliphatic carboxylic acids is 1. The number of rotatable bonds is 3. The standard InChI is InChI=1S/C21H25N3O3/c1-13-8-14(2)10-16(9-13)24-15(3)11-18(22-24)19(25)23-6-4-21(5-7-23)12-17(21)20(26)27/h8-11,17H,4-7,12H2,1-3H3,(H,26,27). The van der Waals surface area contributed by atoms with Gasteiger partial charge in [-0.2, -0.15) is 5.10 Å². The highest BCUT2D eigenvalue weighted by Crippen LogP contribution is 2.59. The summed E-state index contributed by atoms with van der Waals surface area (Å²) in [5, 5.41) is 13.8. The van der Waals surface area contributed by atoms with E-state index in [1.165, 1.54) is 0 Å². The molecule has 2 aliphatic rings. The topological polar surface area (TPSA) is 75.4 Å². The number of carboxylic acids is 1.